The summed E-state index contributed by atoms with van der Waals surface area (Å²) in [6.07, 6.45) is 8.79. The number of hydrogen-bond donors (Lipinski definition) is 1. The van der Waals surface area contributed by atoms with Gasteiger partial charge < -0.3 is 15.0 Å². The second-order valence-electron chi connectivity index (χ2n) is 9.03. The highest BCUT2D eigenvalue weighted by atomic mass is 16.5. The van der Waals surface area contributed by atoms with E-state index in [1.807, 2.05) is 18.7 Å². The van der Waals surface area contributed by atoms with E-state index in [2.05, 4.69) is 10.2 Å². The Morgan fingerprint density at radius 1 is 1.11 bits per heavy atom. The van der Waals surface area contributed by atoms with Crippen molar-refractivity contribution in [3.63, 3.8) is 0 Å². The lowest BCUT2D eigenvalue weighted by molar-refractivity contribution is -0.139. The van der Waals surface area contributed by atoms with Crippen LogP contribution in [-0.4, -0.2) is 73.1 Å². The van der Waals surface area contributed by atoms with Gasteiger partial charge >= 0.3 is 0 Å². The van der Waals surface area contributed by atoms with E-state index in [4.69, 9.17) is 4.74 Å². The first kappa shape index (κ1) is 21.6. The number of carbonyl (C=O) groups is 2. The topological polar surface area (TPSA) is 61.9 Å². The summed E-state index contributed by atoms with van der Waals surface area (Å²) in [4.78, 5) is 30.0. The molecular weight excluding hydrogens is 354 g/mol. The van der Waals surface area contributed by atoms with Gasteiger partial charge in [0, 0.05) is 44.2 Å². The Kier molecular flexibility index (Phi) is 7.75. The molecule has 2 heterocycles. The molecule has 3 fully saturated rings. The van der Waals surface area contributed by atoms with Crippen LogP contribution >= 0.6 is 0 Å². The number of nitrogens with one attached hydrogen (secondary N) is 1. The first-order valence-electron chi connectivity index (χ1n) is 11.4. The molecule has 1 aliphatic carbocycles. The Balaban J connectivity index is 1.57. The molecule has 3 rings (SSSR count). The molecule has 2 atom stereocenters. The van der Waals surface area contributed by atoms with Gasteiger partial charge in [0.25, 0.3) is 0 Å². The quantitative estimate of drug-likeness (QED) is 0.753. The van der Waals surface area contributed by atoms with E-state index in [0.29, 0.717) is 6.54 Å². The van der Waals surface area contributed by atoms with Crippen LogP contribution in [0.1, 0.15) is 65.2 Å². The predicted molar refractivity (Wildman–Crippen MR) is 110 cm³/mol. The van der Waals surface area contributed by atoms with Crippen LogP contribution in [0, 0.1) is 11.8 Å². The van der Waals surface area contributed by atoms with Gasteiger partial charge in [0.1, 0.15) is 0 Å². The SMILES string of the molecule is CCC(C)C(=O)N1CCCC(C(=O)NCC2(N3CCOCC3)CCCCC2)C1. The number of nitrogens with zero attached hydrogens (tertiary/aromatic N) is 2. The lowest BCUT2D eigenvalue weighted by Gasteiger charge is -2.48. The summed E-state index contributed by atoms with van der Waals surface area (Å²) in [5.41, 5.74) is 0.0958. The highest BCUT2D eigenvalue weighted by Gasteiger charge is 2.39. The minimum Gasteiger partial charge on any atom is -0.379 e. The number of likely N-dealkylation sites (tertiary alicyclic amines) is 1. The molecule has 1 saturated carbocycles. The fourth-order valence-electron chi connectivity index (χ4n) is 5.13. The van der Waals surface area contributed by atoms with Gasteiger partial charge in [-0.25, -0.2) is 0 Å². The van der Waals surface area contributed by atoms with Gasteiger partial charge in [-0.2, -0.15) is 0 Å². The molecule has 2 unspecified atom stereocenters. The van der Waals surface area contributed by atoms with Crippen molar-refractivity contribution in [3.8, 4) is 0 Å². The number of ether oxygens (including phenoxy) is 1. The van der Waals surface area contributed by atoms with E-state index in [9.17, 15) is 9.59 Å². The zero-order valence-corrected chi connectivity index (χ0v) is 17.9. The largest absolute Gasteiger partial charge is 0.379 e. The summed E-state index contributed by atoms with van der Waals surface area (Å²) in [5, 5.41) is 3.30. The van der Waals surface area contributed by atoms with Gasteiger partial charge in [-0.15, -0.1) is 0 Å². The van der Waals surface area contributed by atoms with E-state index in [1.165, 1.54) is 19.3 Å². The molecule has 3 aliphatic rings. The molecule has 2 aliphatic heterocycles. The predicted octanol–water partition coefficient (Wildman–Crippen LogP) is 2.42. The zero-order chi connectivity index (χ0) is 20.0. The molecule has 28 heavy (non-hydrogen) atoms. The van der Waals surface area contributed by atoms with Crippen molar-refractivity contribution in [1.82, 2.24) is 15.1 Å². The van der Waals surface area contributed by atoms with Crippen molar-refractivity contribution in [3.05, 3.63) is 0 Å². The first-order chi connectivity index (χ1) is 13.6. The number of carbonyl (C=O) groups excluding carboxylic acids is 2. The van der Waals surface area contributed by atoms with Crippen LogP contribution in [0.4, 0.5) is 0 Å². The van der Waals surface area contributed by atoms with E-state index >= 15 is 0 Å². The summed E-state index contributed by atoms with van der Waals surface area (Å²) >= 11 is 0. The van der Waals surface area contributed by atoms with E-state index in [1.54, 1.807) is 0 Å². The molecule has 2 amide bonds. The van der Waals surface area contributed by atoms with Crippen LogP contribution in [0.2, 0.25) is 0 Å². The van der Waals surface area contributed by atoms with Crippen LogP contribution in [-0.2, 0) is 14.3 Å². The van der Waals surface area contributed by atoms with E-state index in [0.717, 1.165) is 71.5 Å². The van der Waals surface area contributed by atoms with Crippen LogP contribution in [0.5, 0.6) is 0 Å². The molecule has 0 radical (unpaired) electrons. The molecule has 2 saturated heterocycles. The summed E-state index contributed by atoms with van der Waals surface area (Å²) in [6.45, 7) is 9.68. The minimum absolute atomic E-state index is 0.0497. The highest BCUT2D eigenvalue weighted by Crippen LogP contribution is 2.34. The third-order valence-corrected chi connectivity index (χ3v) is 7.20. The number of piperidine rings is 1. The maximum atomic E-state index is 13.0. The lowest BCUT2D eigenvalue weighted by atomic mass is 9.79. The van der Waals surface area contributed by atoms with Crippen LogP contribution in [0.25, 0.3) is 0 Å². The van der Waals surface area contributed by atoms with Crippen molar-refractivity contribution in [2.45, 2.75) is 70.8 Å². The number of hydrogen-bond acceptors (Lipinski definition) is 4. The molecule has 0 aromatic heterocycles. The number of amides is 2. The maximum absolute atomic E-state index is 13.0. The number of rotatable bonds is 6. The van der Waals surface area contributed by atoms with Crippen molar-refractivity contribution in [2.75, 3.05) is 45.9 Å². The van der Waals surface area contributed by atoms with Crippen molar-refractivity contribution in [2.24, 2.45) is 11.8 Å². The Bertz CT molecular complexity index is 527. The van der Waals surface area contributed by atoms with Crippen LogP contribution in [0.3, 0.4) is 0 Å². The molecule has 6 heteroatoms. The fraction of sp³-hybridized carbons (Fsp3) is 0.909. The van der Waals surface area contributed by atoms with Gasteiger partial charge in [-0.05, 0) is 32.1 Å². The second-order valence-corrected chi connectivity index (χ2v) is 9.03. The van der Waals surface area contributed by atoms with Gasteiger partial charge in [0.05, 0.1) is 19.1 Å². The van der Waals surface area contributed by atoms with Gasteiger partial charge in [-0.3, -0.25) is 14.5 Å². The molecule has 6 nitrogen and oxygen atoms in total. The van der Waals surface area contributed by atoms with Crippen LogP contribution in [0.15, 0.2) is 0 Å². The lowest BCUT2D eigenvalue weighted by Crippen LogP contribution is -2.60. The average Bonchev–Trinajstić information content (AvgIpc) is 2.77. The third-order valence-electron chi connectivity index (χ3n) is 7.20. The first-order valence-corrected chi connectivity index (χ1v) is 11.4. The van der Waals surface area contributed by atoms with Gasteiger partial charge in [0.2, 0.25) is 11.8 Å². The Hall–Kier alpha value is -1.14. The molecular formula is C22H39N3O3. The van der Waals surface area contributed by atoms with E-state index < -0.39 is 0 Å². The summed E-state index contributed by atoms with van der Waals surface area (Å²) in [5.74, 6) is 0.331. The molecule has 0 aromatic rings. The van der Waals surface area contributed by atoms with Crippen molar-refractivity contribution >= 4 is 11.8 Å². The summed E-state index contributed by atoms with van der Waals surface area (Å²) < 4.78 is 5.55. The number of morpholine rings is 1. The molecule has 160 valence electrons. The van der Waals surface area contributed by atoms with Gasteiger partial charge in [0.15, 0.2) is 0 Å². The third kappa shape index (κ3) is 5.07. The molecule has 0 bridgehead atoms. The Labute approximate surface area is 170 Å². The fourth-order valence-corrected chi connectivity index (χ4v) is 5.13. The zero-order valence-electron chi connectivity index (χ0n) is 17.9. The van der Waals surface area contributed by atoms with Gasteiger partial charge in [-0.1, -0.05) is 33.1 Å². The van der Waals surface area contributed by atoms with E-state index in [-0.39, 0.29) is 29.2 Å². The minimum atomic E-state index is -0.0629. The van der Waals surface area contributed by atoms with Crippen molar-refractivity contribution < 1.29 is 14.3 Å². The smallest absolute Gasteiger partial charge is 0.225 e. The normalized spacial score (nSPS) is 27.2. The summed E-state index contributed by atoms with van der Waals surface area (Å²) in [6, 6.07) is 0. The van der Waals surface area contributed by atoms with Crippen LogP contribution < -0.4 is 5.32 Å². The average molecular weight is 394 g/mol. The molecule has 1 N–H and O–H groups in total. The Morgan fingerprint density at radius 2 is 1.82 bits per heavy atom. The monoisotopic (exact) mass is 393 g/mol. The second kappa shape index (κ2) is 10.1. The molecule has 0 aromatic carbocycles. The Morgan fingerprint density at radius 3 is 2.50 bits per heavy atom. The highest BCUT2D eigenvalue weighted by molar-refractivity contribution is 5.82. The maximum Gasteiger partial charge on any atom is 0.225 e. The molecule has 0 spiro atoms. The standard InChI is InChI=1S/C22H39N3O3/c1-3-18(2)21(27)24-11-7-8-19(16-24)20(26)23-17-22(9-5-4-6-10-22)25-12-14-28-15-13-25/h18-19H,3-17H2,1-2H3,(H,23,26). The summed E-state index contributed by atoms with van der Waals surface area (Å²) in [7, 11) is 0. The van der Waals surface area contributed by atoms with Crippen molar-refractivity contribution in [1.29, 1.82) is 0 Å².